The molecule has 0 aromatic heterocycles. The minimum Gasteiger partial charge on any atom is -0.478 e. The normalized spacial score (nSPS) is 9.76. The molecule has 1 aromatic carbocycles. The molecule has 6 heteroatoms. The van der Waals surface area contributed by atoms with Gasteiger partial charge in [0.25, 0.3) is 0 Å². The Morgan fingerprint density at radius 1 is 1.19 bits per heavy atom. The van der Waals surface area contributed by atoms with E-state index in [0.717, 1.165) is 6.42 Å². The summed E-state index contributed by atoms with van der Waals surface area (Å²) >= 11 is 0. The molecule has 1 rings (SSSR count). The molecule has 6 nitrogen and oxygen atoms in total. The highest BCUT2D eigenvalue weighted by molar-refractivity contribution is 5.92. The summed E-state index contributed by atoms with van der Waals surface area (Å²) in [4.78, 5) is 33.5. The van der Waals surface area contributed by atoms with Crippen molar-refractivity contribution in [3.63, 3.8) is 0 Å². The lowest BCUT2D eigenvalue weighted by molar-refractivity contribution is -0.138. The van der Waals surface area contributed by atoms with Gasteiger partial charge in [0.2, 0.25) is 0 Å². The second-order valence-electron chi connectivity index (χ2n) is 4.22. The SMILES string of the molecule is C=C(CC(=O)Oc1ccc(C(=O)OCCC)cc1)C(=O)O. The average molecular weight is 292 g/mol. The van der Waals surface area contributed by atoms with E-state index in [-0.39, 0.29) is 11.3 Å². The predicted molar refractivity (Wildman–Crippen MR) is 74.0 cm³/mol. The van der Waals surface area contributed by atoms with Gasteiger partial charge in [-0.25, -0.2) is 9.59 Å². The Hall–Kier alpha value is -2.63. The van der Waals surface area contributed by atoms with E-state index in [2.05, 4.69) is 6.58 Å². The van der Waals surface area contributed by atoms with Crippen molar-refractivity contribution in [3.05, 3.63) is 42.0 Å². The highest BCUT2D eigenvalue weighted by Gasteiger charge is 2.13. The van der Waals surface area contributed by atoms with Gasteiger partial charge in [0.1, 0.15) is 5.75 Å². The Balaban J connectivity index is 2.58. The number of esters is 2. The first-order chi connectivity index (χ1) is 9.93. The standard InChI is InChI=1S/C15H16O6/c1-3-8-20-15(19)11-4-6-12(7-5-11)21-13(16)9-10(2)14(17)18/h4-7H,2-3,8-9H2,1H3,(H,17,18). The maximum absolute atomic E-state index is 11.6. The molecule has 112 valence electrons. The van der Waals surface area contributed by atoms with E-state index < -0.39 is 24.3 Å². The monoisotopic (exact) mass is 292 g/mol. The highest BCUT2D eigenvalue weighted by Crippen LogP contribution is 2.14. The maximum Gasteiger partial charge on any atom is 0.338 e. The third-order valence-electron chi connectivity index (χ3n) is 2.42. The minimum absolute atomic E-state index is 0.213. The van der Waals surface area contributed by atoms with Crippen molar-refractivity contribution < 1.29 is 29.0 Å². The van der Waals surface area contributed by atoms with Crippen LogP contribution in [-0.4, -0.2) is 29.6 Å². The lowest BCUT2D eigenvalue weighted by Gasteiger charge is -2.06. The van der Waals surface area contributed by atoms with Crippen molar-refractivity contribution in [1.82, 2.24) is 0 Å². The van der Waals surface area contributed by atoms with Gasteiger partial charge in [0.15, 0.2) is 0 Å². The summed E-state index contributed by atoms with van der Waals surface area (Å²) in [6.45, 7) is 5.47. The van der Waals surface area contributed by atoms with Crippen LogP contribution in [0.2, 0.25) is 0 Å². The molecule has 1 N–H and O–H groups in total. The number of rotatable bonds is 7. The molecule has 0 saturated carbocycles. The van der Waals surface area contributed by atoms with Crippen LogP contribution in [0, 0.1) is 0 Å². The van der Waals surface area contributed by atoms with Crippen LogP contribution < -0.4 is 4.74 Å². The predicted octanol–water partition coefficient (Wildman–Crippen LogP) is 2.19. The van der Waals surface area contributed by atoms with Crippen molar-refractivity contribution in [2.45, 2.75) is 19.8 Å². The summed E-state index contributed by atoms with van der Waals surface area (Å²) in [5.41, 5.74) is 0.0953. The van der Waals surface area contributed by atoms with Crippen molar-refractivity contribution in [3.8, 4) is 5.75 Å². The molecule has 1 aromatic rings. The van der Waals surface area contributed by atoms with Crippen molar-refractivity contribution >= 4 is 17.9 Å². The van der Waals surface area contributed by atoms with Crippen molar-refractivity contribution in [1.29, 1.82) is 0 Å². The fraction of sp³-hybridized carbons (Fsp3) is 0.267. The van der Waals surface area contributed by atoms with Crippen LogP contribution in [0.15, 0.2) is 36.4 Å². The van der Waals surface area contributed by atoms with Gasteiger partial charge >= 0.3 is 17.9 Å². The van der Waals surface area contributed by atoms with E-state index in [1.54, 1.807) is 0 Å². The van der Waals surface area contributed by atoms with E-state index in [4.69, 9.17) is 14.6 Å². The van der Waals surface area contributed by atoms with Crippen LogP contribution in [0.5, 0.6) is 5.75 Å². The smallest absolute Gasteiger partial charge is 0.338 e. The van der Waals surface area contributed by atoms with Crippen molar-refractivity contribution in [2.75, 3.05) is 6.61 Å². The summed E-state index contributed by atoms with van der Waals surface area (Å²) in [7, 11) is 0. The Labute approximate surface area is 122 Å². The van der Waals surface area contributed by atoms with E-state index in [9.17, 15) is 14.4 Å². The van der Waals surface area contributed by atoms with Crippen LogP contribution in [0.4, 0.5) is 0 Å². The third-order valence-corrected chi connectivity index (χ3v) is 2.42. The molecule has 0 atom stereocenters. The Bertz CT molecular complexity index is 544. The second-order valence-corrected chi connectivity index (χ2v) is 4.22. The zero-order valence-corrected chi connectivity index (χ0v) is 11.6. The number of carboxylic acid groups (broad SMARTS) is 1. The topological polar surface area (TPSA) is 89.9 Å². The summed E-state index contributed by atoms with van der Waals surface area (Å²) in [5.74, 6) is -2.22. The Morgan fingerprint density at radius 2 is 1.81 bits per heavy atom. The number of ether oxygens (including phenoxy) is 2. The maximum atomic E-state index is 11.6. The van der Waals surface area contributed by atoms with E-state index in [0.29, 0.717) is 12.2 Å². The van der Waals surface area contributed by atoms with Gasteiger partial charge in [-0.15, -0.1) is 0 Å². The van der Waals surface area contributed by atoms with Crippen LogP contribution in [0.1, 0.15) is 30.1 Å². The molecule has 0 fully saturated rings. The quantitative estimate of drug-likeness (QED) is 0.470. The number of carbonyl (C=O) groups excluding carboxylic acids is 2. The third kappa shape index (κ3) is 5.48. The van der Waals surface area contributed by atoms with Gasteiger partial charge in [0.05, 0.1) is 18.6 Å². The first-order valence-electron chi connectivity index (χ1n) is 6.33. The molecule has 0 aliphatic heterocycles. The molecule has 0 spiro atoms. The van der Waals surface area contributed by atoms with E-state index in [1.807, 2.05) is 6.92 Å². The summed E-state index contributed by atoms with van der Waals surface area (Å²) in [6, 6.07) is 5.80. The van der Waals surface area contributed by atoms with Crippen molar-refractivity contribution in [2.24, 2.45) is 0 Å². The number of benzene rings is 1. The second kappa shape index (κ2) is 7.84. The molecular formula is C15H16O6. The number of carboxylic acids is 1. The molecule has 21 heavy (non-hydrogen) atoms. The number of aliphatic carboxylic acids is 1. The molecule has 0 aliphatic rings. The Kier molecular flexibility index (Phi) is 6.13. The fourth-order valence-corrected chi connectivity index (χ4v) is 1.35. The number of carbonyl (C=O) groups is 3. The molecule has 0 bridgehead atoms. The zero-order valence-electron chi connectivity index (χ0n) is 11.6. The largest absolute Gasteiger partial charge is 0.478 e. The van der Waals surface area contributed by atoms with Crippen LogP contribution >= 0.6 is 0 Å². The number of hydrogen-bond acceptors (Lipinski definition) is 5. The fourth-order valence-electron chi connectivity index (χ4n) is 1.35. The number of hydrogen-bond donors (Lipinski definition) is 1. The lowest BCUT2D eigenvalue weighted by Crippen LogP contribution is -2.12. The molecule has 0 radical (unpaired) electrons. The lowest BCUT2D eigenvalue weighted by atomic mass is 10.2. The van der Waals surface area contributed by atoms with E-state index in [1.165, 1.54) is 24.3 Å². The van der Waals surface area contributed by atoms with Gasteiger partial charge in [-0.1, -0.05) is 13.5 Å². The minimum atomic E-state index is -1.25. The van der Waals surface area contributed by atoms with Gasteiger partial charge in [-0.3, -0.25) is 4.79 Å². The first-order valence-corrected chi connectivity index (χ1v) is 6.33. The van der Waals surface area contributed by atoms with Gasteiger partial charge in [-0.2, -0.15) is 0 Å². The Morgan fingerprint density at radius 3 is 2.33 bits per heavy atom. The van der Waals surface area contributed by atoms with Crippen LogP contribution in [0.25, 0.3) is 0 Å². The highest BCUT2D eigenvalue weighted by atomic mass is 16.5. The zero-order chi connectivity index (χ0) is 15.8. The van der Waals surface area contributed by atoms with Gasteiger partial charge in [-0.05, 0) is 30.7 Å². The summed E-state index contributed by atoms with van der Waals surface area (Å²) in [6.07, 6.45) is 0.324. The molecule has 0 aliphatic carbocycles. The molecule has 0 unspecified atom stereocenters. The first kappa shape index (κ1) is 16.4. The summed E-state index contributed by atoms with van der Waals surface area (Å²) < 4.78 is 9.89. The molecule has 0 saturated heterocycles. The van der Waals surface area contributed by atoms with Crippen LogP contribution in [-0.2, 0) is 14.3 Å². The van der Waals surface area contributed by atoms with Gasteiger partial charge in [0, 0.05) is 5.57 Å². The van der Waals surface area contributed by atoms with Gasteiger partial charge < -0.3 is 14.6 Å². The van der Waals surface area contributed by atoms with Crippen LogP contribution in [0.3, 0.4) is 0 Å². The molecule has 0 amide bonds. The molecule has 0 heterocycles. The molecular weight excluding hydrogens is 276 g/mol. The van der Waals surface area contributed by atoms with E-state index >= 15 is 0 Å². The summed E-state index contributed by atoms with van der Waals surface area (Å²) in [5, 5.41) is 8.61. The average Bonchev–Trinajstić information content (AvgIpc) is 2.45.